The molecule has 0 saturated heterocycles. The second kappa shape index (κ2) is 20.7. The van der Waals surface area contributed by atoms with Gasteiger partial charge in [-0.2, -0.15) is 10.2 Å². The quantitative estimate of drug-likeness (QED) is 0.0877. The molecule has 0 unspecified atom stereocenters. The molecule has 1 amide bonds. The number of carbonyl (C=O) groups excluding carboxylic acids is 2. The van der Waals surface area contributed by atoms with E-state index in [0.717, 1.165) is 50.0 Å². The number of aromatic nitrogens is 8. The molecule has 0 saturated carbocycles. The van der Waals surface area contributed by atoms with Gasteiger partial charge in [0.15, 0.2) is 0 Å². The average molecular weight is 968 g/mol. The SMILES string of the molecule is CCOC(=O)c1cc(-c2ccnc(Nc3ccc(Br)cc3OC)n2)nn1C.CCc1cccc(CC)c1NC(=O)c1cc(-c2ccnc(Nc3ccc(Br)cc3OC)n2)nn1C. The number of esters is 1. The van der Waals surface area contributed by atoms with Crippen LogP contribution in [0.4, 0.5) is 29.0 Å². The summed E-state index contributed by atoms with van der Waals surface area (Å²) < 4.78 is 20.7. The van der Waals surface area contributed by atoms with E-state index in [-0.39, 0.29) is 5.91 Å². The van der Waals surface area contributed by atoms with Gasteiger partial charge >= 0.3 is 5.97 Å². The fourth-order valence-electron chi connectivity index (χ4n) is 6.27. The first-order chi connectivity index (χ1) is 29.9. The molecule has 0 bridgehead atoms. The third kappa shape index (κ3) is 10.8. The number of para-hydroxylation sites is 1. The summed E-state index contributed by atoms with van der Waals surface area (Å²) in [5, 5.41) is 18.3. The van der Waals surface area contributed by atoms with Gasteiger partial charge in [-0.15, -0.1) is 0 Å². The number of nitrogens with zero attached hydrogens (tertiary/aromatic N) is 8. The van der Waals surface area contributed by atoms with Crippen LogP contribution in [0.25, 0.3) is 22.8 Å². The lowest BCUT2D eigenvalue weighted by atomic mass is 10.0. The number of benzene rings is 3. The third-order valence-electron chi connectivity index (χ3n) is 9.37. The van der Waals surface area contributed by atoms with Gasteiger partial charge in [0.05, 0.1) is 43.6 Å². The number of carbonyl (C=O) groups is 2. The predicted molar refractivity (Wildman–Crippen MR) is 246 cm³/mol. The van der Waals surface area contributed by atoms with Crippen LogP contribution in [0.1, 0.15) is 52.9 Å². The van der Waals surface area contributed by atoms with E-state index < -0.39 is 5.97 Å². The Balaban J connectivity index is 0.000000214. The number of rotatable bonds is 14. The molecule has 0 atom stereocenters. The van der Waals surface area contributed by atoms with Crippen LogP contribution in [-0.2, 0) is 31.7 Å². The zero-order chi connectivity index (χ0) is 44.3. The highest BCUT2D eigenvalue weighted by atomic mass is 79.9. The zero-order valence-corrected chi connectivity index (χ0v) is 38.3. The van der Waals surface area contributed by atoms with Crippen LogP contribution in [0.5, 0.6) is 11.5 Å². The fourth-order valence-corrected chi connectivity index (χ4v) is 6.95. The van der Waals surface area contributed by atoms with Crippen LogP contribution < -0.4 is 25.4 Å². The first kappa shape index (κ1) is 44.9. The van der Waals surface area contributed by atoms with E-state index in [1.165, 1.54) is 4.68 Å². The highest BCUT2D eigenvalue weighted by Gasteiger charge is 2.19. The van der Waals surface area contributed by atoms with E-state index in [9.17, 15) is 9.59 Å². The molecule has 320 valence electrons. The largest absolute Gasteiger partial charge is 0.495 e. The molecule has 18 heteroatoms. The minimum atomic E-state index is -0.425. The lowest BCUT2D eigenvalue weighted by Crippen LogP contribution is -2.18. The Morgan fingerprint density at radius 2 is 1.13 bits per heavy atom. The van der Waals surface area contributed by atoms with E-state index in [4.69, 9.17) is 14.2 Å². The zero-order valence-electron chi connectivity index (χ0n) is 35.2. The van der Waals surface area contributed by atoms with Crippen LogP contribution in [-0.4, -0.2) is 72.2 Å². The molecule has 7 aromatic rings. The number of hydrogen-bond donors (Lipinski definition) is 3. The van der Waals surface area contributed by atoms with Crippen LogP contribution in [0.3, 0.4) is 0 Å². The molecule has 0 spiro atoms. The minimum Gasteiger partial charge on any atom is -0.495 e. The summed E-state index contributed by atoms with van der Waals surface area (Å²) >= 11 is 6.85. The van der Waals surface area contributed by atoms with Gasteiger partial charge in [-0.05, 0) is 85.5 Å². The van der Waals surface area contributed by atoms with Crippen molar-refractivity contribution in [2.45, 2.75) is 33.6 Å². The Labute approximate surface area is 375 Å². The summed E-state index contributed by atoms with van der Waals surface area (Å²) in [6.07, 6.45) is 4.93. The fraction of sp³-hybridized carbons (Fsp3) is 0.227. The summed E-state index contributed by atoms with van der Waals surface area (Å²) in [6.45, 7) is 6.22. The number of ether oxygens (including phenoxy) is 3. The Morgan fingerprint density at radius 3 is 1.60 bits per heavy atom. The molecule has 3 aromatic carbocycles. The van der Waals surface area contributed by atoms with Gasteiger partial charge in [0.25, 0.3) is 5.91 Å². The first-order valence-electron chi connectivity index (χ1n) is 19.5. The molecular formula is C44H45Br2N11O5. The number of methoxy groups -OCH3 is 2. The number of nitrogens with one attached hydrogen (secondary N) is 3. The first-order valence-corrected chi connectivity index (χ1v) is 21.1. The van der Waals surface area contributed by atoms with E-state index >= 15 is 0 Å². The number of anilines is 5. The van der Waals surface area contributed by atoms with Crippen LogP contribution in [0.15, 0.2) is 100 Å². The predicted octanol–water partition coefficient (Wildman–Crippen LogP) is 9.34. The van der Waals surface area contributed by atoms with Gasteiger partial charge < -0.3 is 30.2 Å². The molecule has 0 aliphatic rings. The third-order valence-corrected chi connectivity index (χ3v) is 10.4. The topological polar surface area (TPSA) is 185 Å². The molecule has 0 radical (unpaired) electrons. The van der Waals surface area contributed by atoms with Gasteiger partial charge in [-0.3, -0.25) is 14.2 Å². The van der Waals surface area contributed by atoms with Crippen molar-refractivity contribution in [3.05, 3.63) is 123 Å². The van der Waals surface area contributed by atoms with Crippen LogP contribution in [0.2, 0.25) is 0 Å². The van der Waals surface area contributed by atoms with Gasteiger partial charge in [0.2, 0.25) is 11.9 Å². The van der Waals surface area contributed by atoms with Crippen molar-refractivity contribution in [1.82, 2.24) is 39.5 Å². The Kier molecular flexibility index (Phi) is 15.0. The van der Waals surface area contributed by atoms with E-state index in [2.05, 4.69) is 91.8 Å². The molecule has 3 N–H and O–H groups in total. The van der Waals surface area contributed by atoms with Gasteiger partial charge in [0, 0.05) is 47.2 Å². The van der Waals surface area contributed by atoms with Crippen LogP contribution >= 0.6 is 31.9 Å². The standard InChI is InChI=1S/C26H27BrN6O2.C18H18BrN5O3/c1-5-16-8-7-9-17(6-2)24(16)31-25(34)22-15-21(32-33(22)3)19-12-13-28-26(29-19)30-20-11-10-18(27)14-23(20)35-4;1-4-27-17(25)15-10-14(23-24(15)2)12-7-8-20-18(21-12)22-13-6-5-11(19)9-16(13)26-3/h7-15H,5-6H2,1-4H3,(H,31,34)(H,28,29,30);5-10H,4H2,1-3H3,(H,20,21,22). The van der Waals surface area contributed by atoms with Crippen molar-refractivity contribution >= 4 is 72.7 Å². The van der Waals surface area contributed by atoms with E-state index in [0.29, 0.717) is 64.2 Å². The van der Waals surface area contributed by atoms with Crippen molar-refractivity contribution in [2.75, 3.05) is 36.8 Å². The molecule has 62 heavy (non-hydrogen) atoms. The average Bonchev–Trinajstić information content (AvgIpc) is 3.88. The summed E-state index contributed by atoms with van der Waals surface area (Å²) in [4.78, 5) is 42.8. The summed E-state index contributed by atoms with van der Waals surface area (Å²) in [5.41, 5.74) is 7.64. The number of hydrogen-bond acceptors (Lipinski definition) is 13. The van der Waals surface area contributed by atoms with Crippen molar-refractivity contribution in [1.29, 1.82) is 0 Å². The van der Waals surface area contributed by atoms with Crippen molar-refractivity contribution < 1.29 is 23.8 Å². The van der Waals surface area contributed by atoms with E-state index in [1.807, 2.05) is 54.6 Å². The molecular weight excluding hydrogens is 922 g/mol. The normalized spacial score (nSPS) is 10.7. The number of aryl methyl sites for hydroxylation is 4. The highest BCUT2D eigenvalue weighted by Crippen LogP contribution is 2.32. The summed E-state index contributed by atoms with van der Waals surface area (Å²) in [6, 6.07) is 24.2. The van der Waals surface area contributed by atoms with Crippen molar-refractivity contribution in [3.63, 3.8) is 0 Å². The summed E-state index contributed by atoms with van der Waals surface area (Å²) in [5.74, 6) is 1.45. The molecule has 0 aliphatic carbocycles. The van der Waals surface area contributed by atoms with Gasteiger partial charge in [-0.1, -0.05) is 63.9 Å². The lowest BCUT2D eigenvalue weighted by Gasteiger charge is -2.14. The van der Waals surface area contributed by atoms with E-state index in [1.54, 1.807) is 76.6 Å². The Hall–Kier alpha value is -6.66. The molecule has 4 heterocycles. The second-order valence-corrected chi connectivity index (χ2v) is 15.2. The molecule has 4 aromatic heterocycles. The van der Waals surface area contributed by atoms with Crippen molar-refractivity contribution in [2.24, 2.45) is 14.1 Å². The Bertz CT molecular complexity index is 2680. The molecule has 16 nitrogen and oxygen atoms in total. The monoisotopic (exact) mass is 965 g/mol. The van der Waals surface area contributed by atoms with Gasteiger partial charge in [0.1, 0.15) is 34.3 Å². The van der Waals surface area contributed by atoms with Gasteiger partial charge in [-0.25, -0.2) is 24.7 Å². The minimum absolute atomic E-state index is 0.214. The Morgan fingerprint density at radius 1 is 0.645 bits per heavy atom. The highest BCUT2D eigenvalue weighted by molar-refractivity contribution is 9.10. The molecule has 0 aliphatic heterocycles. The number of amides is 1. The summed E-state index contributed by atoms with van der Waals surface area (Å²) in [7, 11) is 6.63. The van der Waals surface area contributed by atoms with Crippen LogP contribution in [0, 0.1) is 0 Å². The molecule has 0 fully saturated rings. The number of halogens is 2. The smallest absolute Gasteiger partial charge is 0.356 e. The maximum absolute atomic E-state index is 13.2. The lowest BCUT2D eigenvalue weighted by molar-refractivity contribution is 0.0513. The molecule has 7 rings (SSSR count). The maximum atomic E-state index is 13.2. The maximum Gasteiger partial charge on any atom is 0.356 e. The second-order valence-electron chi connectivity index (χ2n) is 13.4. The van der Waals surface area contributed by atoms with Crippen molar-refractivity contribution in [3.8, 4) is 34.3 Å².